The fourth-order valence-electron chi connectivity index (χ4n) is 0.502. The fourth-order valence-corrected chi connectivity index (χ4v) is 0.502. The number of halogens is 1. The second-order valence-corrected chi connectivity index (χ2v) is 1.59. The molecule has 4 heteroatoms. The highest BCUT2D eigenvalue weighted by molar-refractivity contribution is 5.85. The number of rotatable bonds is 3. The zero-order valence-corrected chi connectivity index (χ0v) is 6.36. The van der Waals surface area contributed by atoms with Gasteiger partial charge in [0, 0.05) is 0 Å². The van der Waals surface area contributed by atoms with E-state index in [1.807, 2.05) is 6.92 Å². The Kier molecular flexibility index (Phi) is 7.48. The summed E-state index contributed by atoms with van der Waals surface area (Å²) >= 11 is 0. The summed E-state index contributed by atoms with van der Waals surface area (Å²) in [5, 5.41) is 11.0. The van der Waals surface area contributed by atoms with Crippen molar-refractivity contribution in [1.29, 1.82) is 0 Å². The van der Waals surface area contributed by atoms with Crippen molar-refractivity contribution in [2.24, 2.45) is 0 Å². The van der Waals surface area contributed by atoms with Crippen LogP contribution in [0.25, 0.3) is 0 Å². The van der Waals surface area contributed by atoms with Gasteiger partial charge >= 0.3 is 5.97 Å². The molecule has 0 aliphatic rings. The Morgan fingerprint density at radius 2 is 2.22 bits per heavy atom. The minimum absolute atomic E-state index is 0. The first-order valence-electron chi connectivity index (χ1n) is 2.62. The van der Waals surface area contributed by atoms with Crippen LogP contribution < -0.4 is 5.32 Å². The van der Waals surface area contributed by atoms with E-state index in [0.29, 0.717) is 6.42 Å². The van der Waals surface area contributed by atoms with Gasteiger partial charge in [0.15, 0.2) is 0 Å². The van der Waals surface area contributed by atoms with E-state index in [-0.39, 0.29) is 18.4 Å². The first-order chi connectivity index (χ1) is 3.72. The van der Waals surface area contributed by atoms with Gasteiger partial charge in [0.05, 0.1) is 0 Å². The second-order valence-electron chi connectivity index (χ2n) is 1.59. The van der Waals surface area contributed by atoms with Gasteiger partial charge in [-0.1, -0.05) is 6.92 Å². The summed E-state index contributed by atoms with van der Waals surface area (Å²) in [6, 6.07) is -0.380. The molecule has 0 saturated heterocycles. The number of carbonyl (C=O) groups is 1. The molecule has 0 aliphatic carbocycles. The summed E-state index contributed by atoms with van der Waals surface area (Å²) in [6.45, 7) is 1.83. The van der Waals surface area contributed by atoms with Crippen LogP contribution in [0.15, 0.2) is 0 Å². The normalized spacial score (nSPS) is 11.8. The van der Waals surface area contributed by atoms with E-state index in [2.05, 4.69) is 5.32 Å². The highest BCUT2D eigenvalue weighted by Gasteiger charge is 2.09. The van der Waals surface area contributed by atoms with Crippen molar-refractivity contribution < 1.29 is 9.90 Å². The van der Waals surface area contributed by atoms with Crippen molar-refractivity contribution >= 4 is 18.4 Å². The molecule has 0 aromatic carbocycles. The van der Waals surface area contributed by atoms with Gasteiger partial charge in [-0.2, -0.15) is 0 Å². The van der Waals surface area contributed by atoms with Crippen LogP contribution in [-0.2, 0) is 4.79 Å². The van der Waals surface area contributed by atoms with Crippen molar-refractivity contribution in [2.75, 3.05) is 7.05 Å². The van der Waals surface area contributed by atoms with Gasteiger partial charge in [-0.25, -0.2) is 0 Å². The predicted molar refractivity (Wildman–Crippen MR) is 38.0 cm³/mol. The molecule has 0 aromatic rings. The van der Waals surface area contributed by atoms with Gasteiger partial charge in [-0.3, -0.25) is 4.79 Å². The lowest BCUT2D eigenvalue weighted by molar-refractivity contribution is -0.139. The van der Waals surface area contributed by atoms with E-state index in [9.17, 15) is 4.79 Å². The summed E-state index contributed by atoms with van der Waals surface area (Å²) in [4.78, 5) is 10.1. The summed E-state index contributed by atoms with van der Waals surface area (Å²) < 4.78 is 0. The van der Waals surface area contributed by atoms with Crippen LogP contribution in [0, 0.1) is 0 Å². The number of nitrogens with one attached hydrogen (secondary N) is 1. The third kappa shape index (κ3) is 4.24. The maximum Gasteiger partial charge on any atom is 0.320 e. The summed E-state index contributed by atoms with van der Waals surface area (Å²) in [5.41, 5.74) is 0. The zero-order valence-electron chi connectivity index (χ0n) is 5.55. The largest absolute Gasteiger partial charge is 0.480 e. The molecule has 0 rings (SSSR count). The second kappa shape index (κ2) is 5.85. The van der Waals surface area contributed by atoms with Gasteiger partial charge in [-0.05, 0) is 13.5 Å². The Balaban J connectivity index is 0. The molecule has 56 valence electrons. The molecular weight excluding hydrogens is 142 g/mol. The molecule has 0 fully saturated rings. The van der Waals surface area contributed by atoms with E-state index in [0.717, 1.165) is 0 Å². The lowest BCUT2D eigenvalue weighted by atomic mass is 10.2. The van der Waals surface area contributed by atoms with Crippen molar-refractivity contribution in [3.8, 4) is 0 Å². The topological polar surface area (TPSA) is 49.3 Å². The van der Waals surface area contributed by atoms with Crippen molar-refractivity contribution in [1.82, 2.24) is 5.32 Å². The van der Waals surface area contributed by atoms with E-state index in [1.165, 1.54) is 0 Å². The Morgan fingerprint density at radius 3 is 2.22 bits per heavy atom. The van der Waals surface area contributed by atoms with Gasteiger partial charge in [0.2, 0.25) is 0 Å². The highest BCUT2D eigenvalue weighted by atomic mass is 35.5. The van der Waals surface area contributed by atoms with Crippen LogP contribution >= 0.6 is 12.4 Å². The molecular formula is C5H12ClNO2. The molecule has 0 heterocycles. The van der Waals surface area contributed by atoms with Gasteiger partial charge in [-0.15, -0.1) is 12.4 Å². The highest BCUT2D eigenvalue weighted by Crippen LogP contribution is 1.86. The molecule has 9 heavy (non-hydrogen) atoms. The Bertz CT molecular complexity index is 83.0. The Hall–Kier alpha value is -0.280. The quantitative estimate of drug-likeness (QED) is 0.621. The molecule has 0 spiro atoms. The van der Waals surface area contributed by atoms with Gasteiger partial charge < -0.3 is 10.4 Å². The molecule has 0 amide bonds. The number of hydrogen-bond acceptors (Lipinski definition) is 2. The number of carboxylic acid groups (broad SMARTS) is 1. The molecule has 0 radical (unpaired) electrons. The lowest BCUT2D eigenvalue weighted by Gasteiger charge is -2.05. The molecule has 0 bridgehead atoms. The molecule has 0 saturated carbocycles. The standard InChI is InChI=1S/C5H11NO2.ClH/c1-3-4(6-2)5(7)8;/h4,6H,3H2,1-2H3,(H,7,8);1H/t4-;/m0./s1. The van der Waals surface area contributed by atoms with Crippen LogP contribution in [0.2, 0.25) is 0 Å². The van der Waals surface area contributed by atoms with Crippen LogP contribution in [0.4, 0.5) is 0 Å². The lowest BCUT2D eigenvalue weighted by Crippen LogP contribution is -2.32. The van der Waals surface area contributed by atoms with Gasteiger partial charge in [0.1, 0.15) is 6.04 Å². The monoisotopic (exact) mass is 153 g/mol. The minimum atomic E-state index is -0.782. The van der Waals surface area contributed by atoms with Crippen molar-refractivity contribution in [2.45, 2.75) is 19.4 Å². The molecule has 0 unspecified atom stereocenters. The zero-order chi connectivity index (χ0) is 6.57. The van der Waals surface area contributed by atoms with Crippen LogP contribution in [0.3, 0.4) is 0 Å². The Labute approximate surface area is 60.9 Å². The van der Waals surface area contributed by atoms with Gasteiger partial charge in [0.25, 0.3) is 0 Å². The average molecular weight is 154 g/mol. The van der Waals surface area contributed by atoms with Crippen LogP contribution in [0.5, 0.6) is 0 Å². The molecule has 2 N–H and O–H groups in total. The smallest absolute Gasteiger partial charge is 0.320 e. The summed E-state index contributed by atoms with van der Waals surface area (Å²) in [7, 11) is 1.64. The third-order valence-corrected chi connectivity index (χ3v) is 1.05. The third-order valence-electron chi connectivity index (χ3n) is 1.05. The minimum Gasteiger partial charge on any atom is -0.480 e. The maximum atomic E-state index is 10.1. The van der Waals surface area contributed by atoms with Crippen LogP contribution in [0.1, 0.15) is 13.3 Å². The molecule has 0 aromatic heterocycles. The fraction of sp³-hybridized carbons (Fsp3) is 0.800. The van der Waals surface area contributed by atoms with Crippen molar-refractivity contribution in [3.05, 3.63) is 0 Å². The molecule has 0 aliphatic heterocycles. The predicted octanol–water partition coefficient (Wildman–Crippen LogP) is 0.491. The first-order valence-corrected chi connectivity index (χ1v) is 2.62. The molecule has 3 nitrogen and oxygen atoms in total. The van der Waals surface area contributed by atoms with Crippen LogP contribution in [-0.4, -0.2) is 24.2 Å². The number of hydrogen-bond donors (Lipinski definition) is 2. The average Bonchev–Trinajstić information content (AvgIpc) is 1.69. The molecule has 1 atom stereocenters. The summed E-state index contributed by atoms with van der Waals surface area (Å²) in [5.74, 6) is -0.782. The first kappa shape index (κ1) is 11.5. The summed E-state index contributed by atoms with van der Waals surface area (Å²) in [6.07, 6.45) is 0.631. The number of carboxylic acids is 1. The van der Waals surface area contributed by atoms with E-state index in [4.69, 9.17) is 5.11 Å². The van der Waals surface area contributed by atoms with E-state index < -0.39 is 5.97 Å². The SMILES string of the molecule is CC[C@H](NC)C(=O)O.Cl. The Morgan fingerprint density at radius 1 is 1.78 bits per heavy atom. The van der Waals surface area contributed by atoms with Crippen molar-refractivity contribution in [3.63, 3.8) is 0 Å². The maximum absolute atomic E-state index is 10.1. The number of aliphatic carboxylic acids is 1. The van der Waals surface area contributed by atoms with E-state index in [1.54, 1.807) is 7.05 Å². The number of likely N-dealkylation sites (N-methyl/N-ethyl adjacent to an activating group) is 1. The van der Waals surface area contributed by atoms with E-state index >= 15 is 0 Å².